The van der Waals surface area contributed by atoms with Gasteiger partial charge < -0.3 is 19.4 Å². The second-order valence-electron chi connectivity index (χ2n) is 6.00. The summed E-state index contributed by atoms with van der Waals surface area (Å²) in [5.41, 5.74) is 2.55. The van der Waals surface area contributed by atoms with Crippen molar-refractivity contribution < 1.29 is 14.3 Å². The van der Waals surface area contributed by atoms with E-state index in [2.05, 4.69) is 14.9 Å². The van der Waals surface area contributed by atoms with Crippen LogP contribution < -0.4 is 10.1 Å². The van der Waals surface area contributed by atoms with Crippen molar-refractivity contribution in [3.8, 4) is 5.75 Å². The number of hydrogen-bond donors (Lipinski definition) is 1. The third-order valence-corrected chi connectivity index (χ3v) is 4.41. The molecule has 2 heterocycles. The lowest BCUT2D eigenvalue weighted by Gasteiger charge is -2.26. The summed E-state index contributed by atoms with van der Waals surface area (Å²) in [6, 6.07) is 15.1. The number of benzene rings is 2. The van der Waals surface area contributed by atoms with Crippen molar-refractivity contribution in [2.24, 2.45) is 0 Å². The average Bonchev–Trinajstić information content (AvgIpc) is 3.04. The molecule has 1 aliphatic heterocycles. The minimum absolute atomic E-state index is 0.00908. The van der Waals surface area contributed by atoms with Gasteiger partial charge in [-0.1, -0.05) is 18.2 Å². The second kappa shape index (κ2) is 6.57. The molecule has 0 saturated heterocycles. The van der Waals surface area contributed by atoms with Gasteiger partial charge in [0.2, 0.25) is 0 Å². The highest BCUT2D eigenvalue weighted by atomic mass is 16.5. The largest absolute Gasteiger partial charge is 0.497 e. The van der Waals surface area contributed by atoms with Crippen LogP contribution in [0.4, 0.5) is 0 Å². The Balaban J connectivity index is 1.58. The van der Waals surface area contributed by atoms with Gasteiger partial charge >= 0.3 is 0 Å². The fourth-order valence-corrected chi connectivity index (χ4v) is 3.18. The van der Waals surface area contributed by atoms with Crippen LogP contribution in [0.25, 0.3) is 11.0 Å². The first-order chi connectivity index (χ1) is 12.3. The Morgan fingerprint density at radius 1 is 1.32 bits per heavy atom. The number of carbonyl (C=O) groups excluding carboxylic acids is 1. The van der Waals surface area contributed by atoms with Gasteiger partial charge in [0.25, 0.3) is 5.91 Å². The van der Waals surface area contributed by atoms with Crippen molar-refractivity contribution in [2.75, 3.05) is 20.3 Å². The third kappa shape index (κ3) is 2.96. The lowest BCUT2D eigenvalue weighted by atomic mass is 10.2. The predicted octanol–water partition coefficient (Wildman–Crippen LogP) is 2.55. The zero-order chi connectivity index (χ0) is 17.2. The van der Waals surface area contributed by atoms with Crippen molar-refractivity contribution in [2.45, 2.75) is 12.6 Å². The van der Waals surface area contributed by atoms with Crippen LogP contribution in [0.2, 0.25) is 0 Å². The summed E-state index contributed by atoms with van der Waals surface area (Å²) in [4.78, 5) is 16.9. The summed E-state index contributed by atoms with van der Waals surface area (Å²) in [6.45, 7) is 1.50. The van der Waals surface area contributed by atoms with Crippen LogP contribution in [0.5, 0.6) is 5.75 Å². The molecule has 1 amide bonds. The number of fused-ring (bicyclic) bond motifs is 3. The highest BCUT2D eigenvalue weighted by Gasteiger charge is 2.24. The van der Waals surface area contributed by atoms with Gasteiger partial charge in [0.15, 0.2) is 0 Å². The molecule has 0 bridgehead atoms. The van der Waals surface area contributed by atoms with E-state index in [1.165, 1.54) is 0 Å². The third-order valence-electron chi connectivity index (χ3n) is 4.41. The Labute approximate surface area is 145 Å². The zero-order valence-electron chi connectivity index (χ0n) is 13.9. The van der Waals surface area contributed by atoms with Crippen LogP contribution in [0.1, 0.15) is 22.2 Å². The maximum Gasteiger partial charge on any atom is 0.251 e. The molecule has 1 unspecified atom stereocenters. The van der Waals surface area contributed by atoms with E-state index in [9.17, 15) is 4.79 Å². The Bertz CT molecular complexity index is 905. The summed E-state index contributed by atoms with van der Waals surface area (Å²) in [5.74, 6) is 1.56. The molecule has 1 N–H and O–H groups in total. The number of methoxy groups -OCH3 is 1. The Hall–Kier alpha value is -2.86. The molecular weight excluding hydrogens is 318 g/mol. The Morgan fingerprint density at radius 3 is 2.96 bits per heavy atom. The molecule has 0 saturated carbocycles. The predicted molar refractivity (Wildman–Crippen MR) is 93.8 cm³/mol. The van der Waals surface area contributed by atoms with Gasteiger partial charge in [-0.25, -0.2) is 4.98 Å². The molecule has 0 radical (unpaired) electrons. The Morgan fingerprint density at radius 2 is 2.16 bits per heavy atom. The van der Waals surface area contributed by atoms with Crippen LogP contribution in [-0.2, 0) is 11.3 Å². The average molecular weight is 337 g/mol. The lowest BCUT2D eigenvalue weighted by Crippen LogP contribution is -2.35. The van der Waals surface area contributed by atoms with E-state index in [0.717, 1.165) is 22.6 Å². The first-order valence-electron chi connectivity index (χ1n) is 8.22. The number of amides is 1. The molecule has 25 heavy (non-hydrogen) atoms. The van der Waals surface area contributed by atoms with Crippen molar-refractivity contribution in [3.63, 3.8) is 0 Å². The normalized spacial score (nSPS) is 16.4. The van der Waals surface area contributed by atoms with Crippen LogP contribution >= 0.6 is 0 Å². The molecular formula is C19H19N3O3. The molecule has 1 aliphatic rings. The first kappa shape index (κ1) is 15.7. The Kier molecular flexibility index (Phi) is 4.11. The van der Waals surface area contributed by atoms with Crippen LogP contribution in [-0.4, -0.2) is 35.7 Å². The van der Waals surface area contributed by atoms with Gasteiger partial charge in [-0.2, -0.15) is 0 Å². The molecule has 3 aromatic rings. The molecule has 1 aromatic heterocycles. The summed E-state index contributed by atoms with van der Waals surface area (Å²) in [6.07, 6.45) is 0. The minimum Gasteiger partial charge on any atom is -0.497 e. The number of ether oxygens (including phenoxy) is 2. The quantitative estimate of drug-likeness (QED) is 0.795. The topological polar surface area (TPSA) is 65.4 Å². The number of nitrogens with zero attached hydrogens (tertiary/aromatic N) is 2. The number of rotatable bonds is 4. The smallest absolute Gasteiger partial charge is 0.251 e. The molecule has 6 heteroatoms. The fourth-order valence-electron chi connectivity index (χ4n) is 3.18. The van der Waals surface area contributed by atoms with E-state index in [-0.39, 0.29) is 11.9 Å². The van der Waals surface area contributed by atoms with E-state index in [1.54, 1.807) is 19.2 Å². The van der Waals surface area contributed by atoms with Crippen molar-refractivity contribution in [1.82, 2.24) is 14.9 Å². The summed E-state index contributed by atoms with van der Waals surface area (Å²) in [5, 5.41) is 2.99. The van der Waals surface area contributed by atoms with Crippen LogP contribution in [0.3, 0.4) is 0 Å². The lowest BCUT2D eigenvalue weighted by molar-refractivity contribution is 0.0553. The van der Waals surface area contributed by atoms with Crippen molar-refractivity contribution in [1.29, 1.82) is 0 Å². The van der Waals surface area contributed by atoms with Gasteiger partial charge in [-0.05, 0) is 24.3 Å². The molecule has 0 spiro atoms. The molecule has 2 aromatic carbocycles. The minimum atomic E-state index is -0.0844. The number of carbonyl (C=O) groups is 1. The SMILES string of the molecule is COc1ccc2c(c1)nc1n2C(CNC(=O)c2ccccc2)COC1. The van der Waals surface area contributed by atoms with Gasteiger partial charge in [-0.3, -0.25) is 4.79 Å². The molecule has 6 nitrogen and oxygen atoms in total. The molecule has 128 valence electrons. The number of imidazole rings is 1. The fraction of sp³-hybridized carbons (Fsp3) is 0.263. The standard InChI is InChI=1S/C19H19N3O3/c1-24-15-7-8-17-16(9-15)21-18-12-25-11-14(22(17)18)10-20-19(23)13-5-3-2-4-6-13/h2-9,14H,10-12H2,1H3,(H,20,23). The zero-order valence-corrected chi connectivity index (χ0v) is 13.9. The van der Waals surface area contributed by atoms with E-state index in [0.29, 0.717) is 25.3 Å². The van der Waals surface area contributed by atoms with Gasteiger partial charge in [0.1, 0.15) is 18.2 Å². The second-order valence-corrected chi connectivity index (χ2v) is 6.00. The van der Waals surface area contributed by atoms with E-state index in [1.807, 2.05) is 36.4 Å². The maximum absolute atomic E-state index is 12.3. The summed E-state index contributed by atoms with van der Waals surface area (Å²) in [7, 11) is 1.64. The van der Waals surface area contributed by atoms with Crippen molar-refractivity contribution in [3.05, 3.63) is 59.9 Å². The van der Waals surface area contributed by atoms with Gasteiger partial charge in [-0.15, -0.1) is 0 Å². The molecule has 0 aliphatic carbocycles. The molecule has 4 rings (SSSR count). The van der Waals surface area contributed by atoms with Gasteiger partial charge in [0, 0.05) is 18.2 Å². The van der Waals surface area contributed by atoms with E-state index in [4.69, 9.17) is 9.47 Å². The van der Waals surface area contributed by atoms with E-state index >= 15 is 0 Å². The maximum atomic E-state index is 12.3. The highest BCUT2D eigenvalue weighted by Crippen LogP contribution is 2.28. The van der Waals surface area contributed by atoms with E-state index < -0.39 is 0 Å². The molecule has 0 fully saturated rings. The van der Waals surface area contributed by atoms with Crippen LogP contribution in [0, 0.1) is 0 Å². The molecule has 1 atom stereocenters. The van der Waals surface area contributed by atoms with Crippen LogP contribution in [0.15, 0.2) is 48.5 Å². The summed E-state index contributed by atoms with van der Waals surface area (Å²) >= 11 is 0. The van der Waals surface area contributed by atoms with Gasteiger partial charge in [0.05, 0.1) is 30.8 Å². The number of hydrogen-bond acceptors (Lipinski definition) is 4. The highest BCUT2D eigenvalue weighted by molar-refractivity contribution is 5.94. The summed E-state index contributed by atoms with van der Waals surface area (Å²) < 4.78 is 13.1. The van der Waals surface area contributed by atoms with Crippen molar-refractivity contribution >= 4 is 16.9 Å². The first-order valence-corrected chi connectivity index (χ1v) is 8.22. The monoisotopic (exact) mass is 337 g/mol. The number of aromatic nitrogens is 2. The number of nitrogens with one attached hydrogen (secondary N) is 1.